The van der Waals surface area contributed by atoms with Crippen LogP contribution in [0.2, 0.25) is 0 Å². The molecule has 0 aliphatic rings. The Balaban J connectivity index is 1.58. The zero-order valence-electron chi connectivity index (χ0n) is 20.5. The van der Waals surface area contributed by atoms with Crippen molar-refractivity contribution in [3.63, 3.8) is 0 Å². The number of ether oxygens (including phenoxy) is 2. The first-order chi connectivity index (χ1) is 17.6. The van der Waals surface area contributed by atoms with Crippen molar-refractivity contribution in [2.24, 2.45) is 5.73 Å². The molecule has 3 aromatic rings. The van der Waals surface area contributed by atoms with Crippen molar-refractivity contribution < 1.29 is 36.9 Å². The van der Waals surface area contributed by atoms with Gasteiger partial charge in [0.25, 0.3) is 5.91 Å². The number of hydrogen-bond donors (Lipinski definition) is 3. The van der Waals surface area contributed by atoms with E-state index in [9.17, 15) is 22.4 Å². The van der Waals surface area contributed by atoms with E-state index in [-0.39, 0.29) is 30.8 Å². The number of aliphatic hydroxyl groups excluding tert-OH is 1. The second-order valence-corrected chi connectivity index (χ2v) is 8.79. The Labute approximate surface area is 212 Å². The van der Waals surface area contributed by atoms with Gasteiger partial charge >= 0.3 is 6.18 Å². The number of alkyl halides is 3. The summed E-state index contributed by atoms with van der Waals surface area (Å²) in [5, 5.41) is 13.2. The van der Waals surface area contributed by atoms with Gasteiger partial charge in [0.15, 0.2) is 18.1 Å². The maximum absolute atomic E-state index is 13.6. The first kappa shape index (κ1) is 28.3. The number of nitrogens with one attached hydrogen (secondary N) is 1. The molecule has 1 atom stereocenters. The topological polar surface area (TPSA) is 98.7 Å². The quantitative estimate of drug-likeness (QED) is 0.217. The summed E-state index contributed by atoms with van der Waals surface area (Å²) in [6, 6.07) is 8.73. The number of primary amides is 1. The highest BCUT2D eigenvalue weighted by atomic mass is 19.4. The summed E-state index contributed by atoms with van der Waals surface area (Å²) in [7, 11) is 0. The van der Waals surface area contributed by atoms with Crippen LogP contribution in [0.15, 0.2) is 42.6 Å². The lowest BCUT2D eigenvalue weighted by atomic mass is 10.0. The van der Waals surface area contributed by atoms with Crippen molar-refractivity contribution in [1.82, 2.24) is 9.88 Å². The molecule has 3 rings (SSSR count). The number of carbonyl (C=O) groups is 1. The van der Waals surface area contributed by atoms with Crippen LogP contribution in [-0.4, -0.2) is 54.2 Å². The third-order valence-electron chi connectivity index (χ3n) is 5.68. The molecular formula is C26H31F4N3O4. The van der Waals surface area contributed by atoms with E-state index in [4.69, 9.17) is 20.3 Å². The highest BCUT2D eigenvalue weighted by Crippen LogP contribution is 2.30. The number of fused-ring (bicyclic) bond motifs is 1. The van der Waals surface area contributed by atoms with Crippen LogP contribution in [0.4, 0.5) is 17.6 Å². The number of aromatic nitrogens is 1. The van der Waals surface area contributed by atoms with Crippen LogP contribution in [0.3, 0.4) is 0 Å². The van der Waals surface area contributed by atoms with Crippen LogP contribution in [0.5, 0.6) is 11.5 Å². The number of amides is 1. The number of carbonyl (C=O) groups excluding carboxylic acids is 1. The standard InChI is InChI=1S/C26H31F4N3O4/c1-17(32-7-11-36-23-15-20(27)4-5-22(23)37-16-26(28,29)30)12-18-13-19-6-9-33(8-2-3-10-34)24(19)21(14-18)25(31)35/h4-6,9,13-15,17,32,34H,2-3,7-8,10-12,16H2,1H3,(H2,31,35). The zero-order chi connectivity index (χ0) is 27.0. The molecule has 0 radical (unpaired) electrons. The van der Waals surface area contributed by atoms with Crippen LogP contribution < -0.4 is 20.5 Å². The van der Waals surface area contributed by atoms with Crippen LogP contribution in [0.1, 0.15) is 35.7 Å². The zero-order valence-corrected chi connectivity index (χ0v) is 20.5. The number of nitrogens with two attached hydrogens (primary N) is 1. The molecule has 1 unspecified atom stereocenters. The summed E-state index contributed by atoms with van der Waals surface area (Å²) >= 11 is 0. The highest BCUT2D eigenvalue weighted by Gasteiger charge is 2.29. The molecule has 0 bridgehead atoms. The minimum Gasteiger partial charge on any atom is -0.488 e. The Morgan fingerprint density at radius 3 is 2.62 bits per heavy atom. The highest BCUT2D eigenvalue weighted by molar-refractivity contribution is 6.05. The van der Waals surface area contributed by atoms with Gasteiger partial charge in [-0.3, -0.25) is 4.79 Å². The number of rotatable bonds is 14. The molecule has 1 heterocycles. The molecule has 11 heteroatoms. The monoisotopic (exact) mass is 525 g/mol. The lowest BCUT2D eigenvalue weighted by molar-refractivity contribution is -0.153. The molecule has 0 saturated heterocycles. The number of nitrogens with zero attached hydrogens (tertiary/aromatic N) is 1. The molecule has 0 fully saturated rings. The van der Waals surface area contributed by atoms with E-state index in [0.29, 0.717) is 31.5 Å². The Kier molecular flexibility index (Phi) is 9.76. The van der Waals surface area contributed by atoms with Gasteiger partial charge in [-0.15, -0.1) is 0 Å². The van der Waals surface area contributed by atoms with Crippen molar-refractivity contribution in [2.75, 3.05) is 26.4 Å². The summed E-state index contributed by atoms with van der Waals surface area (Å²) in [4.78, 5) is 12.2. The van der Waals surface area contributed by atoms with E-state index in [1.54, 1.807) is 6.07 Å². The van der Waals surface area contributed by atoms with E-state index in [1.807, 2.05) is 29.8 Å². The number of hydrogen-bond acceptors (Lipinski definition) is 5. The van der Waals surface area contributed by atoms with Crippen molar-refractivity contribution in [3.8, 4) is 11.5 Å². The van der Waals surface area contributed by atoms with Gasteiger partial charge in [-0.2, -0.15) is 13.2 Å². The van der Waals surface area contributed by atoms with E-state index in [1.165, 1.54) is 0 Å². The number of aryl methyl sites for hydroxylation is 1. The van der Waals surface area contributed by atoms with Gasteiger partial charge in [0, 0.05) is 43.4 Å². The van der Waals surface area contributed by atoms with Crippen LogP contribution >= 0.6 is 0 Å². The normalized spacial score (nSPS) is 12.6. The summed E-state index contributed by atoms with van der Waals surface area (Å²) in [6.45, 7) is 1.61. The van der Waals surface area contributed by atoms with Gasteiger partial charge in [0.05, 0.1) is 11.1 Å². The molecule has 2 aromatic carbocycles. The molecule has 37 heavy (non-hydrogen) atoms. The third-order valence-corrected chi connectivity index (χ3v) is 5.68. The molecule has 0 aliphatic heterocycles. The predicted molar refractivity (Wildman–Crippen MR) is 131 cm³/mol. The number of halogens is 4. The fourth-order valence-electron chi connectivity index (χ4n) is 4.06. The largest absolute Gasteiger partial charge is 0.488 e. The lowest BCUT2D eigenvalue weighted by Crippen LogP contribution is -2.32. The van der Waals surface area contributed by atoms with Crippen molar-refractivity contribution in [2.45, 2.75) is 44.9 Å². The molecule has 7 nitrogen and oxygen atoms in total. The van der Waals surface area contributed by atoms with E-state index >= 15 is 0 Å². The fourth-order valence-corrected chi connectivity index (χ4v) is 4.06. The van der Waals surface area contributed by atoms with Crippen molar-refractivity contribution in [1.29, 1.82) is 0 Å². The summed E-state index contributed by atoms with van der Waals surface area (Å²) in [5.41, 5.74) is 7.76. The maximum Gasteiger partial charge on any atom is 0.422 e. The van der Waals surface area contributed by atoms with E-state index in [0.717, 1.165) is 41.1 Å². The molecule has 0 spiro atoms. The average Bonchev–Trinajstić information content (AvgIpc) is 3.23. The Morgan fingerprint density at radius 2 is 1.92 bits per heavy atom. The predicted octanol–water partition coefficient (Wildman–Crippen LogP) is 4.19. The maximum atomic E-state index is 13.6. The fraction of sp³-hybridized carbons (Fsp3) is 0.423. The van der Waals surface area contributed by atoms with Gasteiger partial charge in [-0.05, 0) is 62.1 Å². The molecule has 1 amide bonds. The van der Waals surface area contributed by atoms with Gasteiger partial charge in [0.1, 0.15) is 12.4 Å². The minimum atomic E-state index is -4.53. The van der Waals surface area contributed by atoms with E-state index in [2.05, 4.69) is 5.32 Å². The smallest absolute Gasteiger partial charge is 0.422 e. The second-order valence-electron chi connectivity index (χ2n) is 8.79. The molecule has 0 saturated carbocycles. The Hall–Kier alpha value is -3.31. The minimum absolute atomic E-state index is 0.0399. The molecule has 0 aliphatic carbocycles. The Bertz CT molecular complexity index is 1200. The molecule has 1 aromatic heterocycles. The van der Waals surface area contributed by atoms with Gasteiger partial charge in [0.2, 0.25) is 0 Å². The van der Waals surface area contributed by atoms with Gasteiger partial charge in [-0.25, -0.2) is 4.39 Å². The number of benzene rings is 2. The lowest BCUT2D eigenvalue weighted by Gasteiger charge is -2.17. The molecule has 202 valence electrons. The van der Waals surface area contributed by atoms with Crippen LogP contribution in [0, 0.1) is 5.82 Å². The van der Waals surface area contributed by atoms with Crippen LogP contribution in [-0.2, 0) is 13.0 Å². The molecule has 4 N–H and O–H groups in total. The van der Waals surface area contributed by atoms with Crippen molar-refractivity contribution >= 4 is 16.8 Å². The molecular weight excluding hydrogens is 494 g/mol. The Morgan fingerprint density at radius 1 is 1.14 bits per heavy atom. The van der Waals surface area contributed by atoms with Crippen LogP contribution in [0.25, 0.3) is 10.9 Å². The first-order valence-electron chi connectivity index (χ1n) is 11.9. The first-order valence-corrected chi connectivity index (χ1v) is 11.9. The van der Waals surface area contributed by atoms with Gasteiger partial charge in [-0.1, -0.05) is 0 Å². The third kappa shape index (κ3) is 8.36. The summed E-state index contributed by atoms with van der Waals surface area (Å²) < 4.78 is 63.1. The van der Waals surface area contributed by atoms with Gasteiger partial charge < -0.3 is 30.2 Å². The number of unbranched alkanes of at least 4 members (excludes halogenated alkanes) is 1. The van der Waals surface area contributed by atoms with Crippen molar-refractivity contribution in [3.05, 3.63) is 59.5 Å². The summed E-state index contributed by atoms with van der Waals surface area (Å²) in [5.74, 6) is -1.48. The van der Waals surface area contributed by atoms with E-state index < -0.39 is 24.5 Å². The summed E-state index contributed by atoms with van der Waals surface area (Å²) in [6.07, 6.45) is -0.614. The second kappa shape index (κ2) is 12.8. The SMILES string of the molecule is CC(Cc1cc(C(N)=O)c2c(ccn2CCCCO)c1)NCCOc1cc(F)ccc1OCC(F)(F)F. The number of aliphatic hydroxyl groups is 1. The average molecular weight is 526 g/mol.